The molecule has 134 valence electrons. The lowest BCUT2D eigenvalue weighted by molar-refractivity contribution is -0.117. The fourth-order valence-corrected chi connectivity index (χ4v) is 2.60. The Balaban J connectivity index is 2.33. The second-order valence-corrected chi connectivity index (χ2v) is 8.30. The highest BCUT2D eigenvalue weighted by molar-refractivity contribution is 5.92. The van der Waals surface area contributed by atoms with Crippen LogP contribution in [0.3, 0.4) is 0 Å². The molecule has 0 bridgehead atoms. The predicted molar refractivity (Wildman–Crippen MR) is 87.5 cm³/mol. The van der Waals surface area contributed by atoms with Crippen LogP contribution in [-0.4, -0.2) is 37.7 Å². The van der Waals surface area contributed by atoms with Crippen molar-refractivity contribution in [1.29, 1.82) is 0 Å². The van der Waals surface area contributed by atoms with E-state index in [1.54, 1.807) is 0 Å². The number of carbonyl (C=O) groups is 2. The molecule has 8 nitrogen and oxygen atoms in total. The summed E-state index contributed by atoms with van der Waals surface area (Å²) in [5, 5.41) is 20.1. The van der Waals surface area contributed by atoms with Gasteiger partial charge in [-0.05, 0) is 39.0 Å². The average Bonchev–Trinajstić information content (AvgIpc) is 3.14. The van der Waals surface area contributed by atoms with Gasteiger partial charge in [0.05, 0.1) is 0 Å². The molecule has 2 amide bonds. The maximum atomic E-state index is 11.9. The first kappa shape index (κ1) is 18.2. The van der Waals surface area contributed by atoms with Crippen molar-refractivity contribution in [1.82, 2.24) is 15.1 Å². The third-order valence-corrected chi connectivity index (χ3v) is 3.86. The van der Waals surface area contributed by atoms with E-state index in [9.17, 15) is 14.7 Å². The van der Waals surface area contributed by atoms with Gasteiger partial charge in [0.25, 0.3) is 0 Å². The van der Waals surface area contributed by atoms with Crippen molar-refractivity contribution in [3.8, 4) is 0 Å². The first-order chi connectivity index (χ1) is 10.9. The topological polar surface area (TPSA) is 109 Å². The number of nitrogens with zero attached hydrogens (tertiary/aromatic N) is 3. The molecule has 0 spiro atoms. The molecule has 24 heavy (non-hydrogen) atoms. The van der Waals surface area contributed by atoms with Gasteiger partial charge in [-0.15, -0.1) is 5.10 Å². The first-order valence-electron chi connectivity index (χ1n) is 8.08. The van der Waals surface area contributed by atoms with Crippen LogP contribution in [0.2, 0.25) is 0 Å². The molecule has 8 heteroatoms. The minimum absolute atomic E-state index is 0.00963. The number of nitrogens with one attached hydrogen (secondary N) is 1. The van der Waals surface area contributed by atoms with Crippen molar-refractivity contribution >= 4 is 18.0 Å². The van der Waals surface area contributed by atoms with Gasteiger partial charge in [-0.2, -0.15) is 0 Å². The zero-order valence-corrected chi connectivity index (χ0v) is 15.1. The highest BCUT2D eigenvalue weighted by atomic mass is 16.4. The van der Waals surface area contributed by atoms with Gasteiger partial charge in [0.1, 0.15) is 6.04 Å². The summed E-state index contributed by atoms with van der Waals surface area (Å²) >= 11 is 0. The van der Waals surface area contributed by atoms with Gasteiger partial charge in [-0.3, -0.25) is 15.0 Å². The highest BCUT2D eigenvalue weighted by Gasteiger charge is 2.44. The number of hydrogen-bond donors (Lipinski definition) is 2. The second kappa shape index (κ2) is 6.07. The molecule has 0 aromatic carbocycles. The molecule has 1 fully saturated rings. The Bertz CT molecular complexity index is 623. The van der Waals surface area contributed by atoms with E-state index in [1.807, 2.05) is 41.5 Å². The summed E-state index contributed by atoms with van der Waals surface area (Å²) < 4.78 is 5.59. The third kappa shape index (κ3) is 4.04. The molecule has 0 saturated heterocycles. The Kier molecular flexibility index (Phi) is 4.61. The van der Waals surface area contributed by atoms with Gasteiger partial charge in [0, 0.05) is 11.5 Å². The van der Waals surface area contributed by atoms with Gasteiger partial charge >= 0.3 is 12.1 Å². The molecule has 1 heterocycles. The van der Waals surface area contributed by atoms with Crippen molar-refractivity contribution < 1.29 is 19.1 Å². The average molecular weight is 338 g/mol. The molecule has 2 rings (SSSR count). The highest BCUT2D eigenvalue weighted by Crippen LogP contribution is 2.41. The molecule has 1 aliphatic rings. The van der Waals surface area contributed by atoms with Crippen LogP contribution in [0.15, 0.2) is 4.42 Å². The summed E-state index contributed by atoms with van der Waals surface area (Å²) in [6.45, 7) is 11.2. The summed E-state index contributed by atoms with van der Waals surface area (Å²) in [7, 11) is 0. The van der Waals surface area contributed by atoms with Gasteiger partial charge in [0.15, 0.2) is 0 Å². The second-order valence-electron chi connectivity index (χ2n) is 8.30. The summed E-state index contributed by atoms with van der Waals surface area (Å²) in [6, 6.07) is -0.635. The SMILES string of the molecule is CC(C)(C)[C@@H](c1nnc(NC(=O)C2CC2)o1)N(C(=O)O)C(C)(C)C. The largest absolute Gasteiger partial charge is 0.465 e. The summed E-state index contributed by atoms with van der Waals surface area (Å²) in [6.07, 6.45) is 0.673. The molecule has 0 radical (unpaired) electrons. The molecule has 1 aliphatic carbocycles. The van der Waals surface area contributed by atoms with Crippen LogP contribution in [0.1, 0.15) is 66.3 Å². The van der Waals surface area contributed by atoms with Crippen LogP contribution in [0, 0.1) is 11.3 Å². The van der Waals surface area contributed by atoms with Crippen molar-refractivity contribution in [3.05, 3.63) is 5.89 Å². The number of hydrogen-bond acceptors (Lipinski definition) is 5. The van der Waals surface area contributed by atoms with E-state index >= 15 is 0 Å². The van der Waals surface area contributed by atoms with Crippen LogP contribution in [-0.2, 0) is 4.79 Å². The fraction of sp³-hybridized carbons (Fsp3) is 0.750. The normalized spacial score (nSPS) is 16.6. The Hall–Kier alpha value is -2.12. The third-order valence-electron chi connectivity index (χ3n) is 3.86. The van der Waals surface area contributed by atoms with Crippen molar-refractivity contribution in [2.24, 2.45) is 11.3 Å². The monoisotopic (exact) mass is 338 g/mol. The van der Waals surface area contributed by atoms with E-state index in [1.165, 1.54) is 4.90 Å². The molecule has 0 aliphatic heterocycles. The van der Waals surface area contributed by atoms with Crippen LogP contribution in [0.5, 0.6) is 0 Å². The van der Waals surface area contributed by atoms with Gasteiger partial charge in [-0.1, -0.05) is 25.9 Å². The Morgan fingerprint density at radius 2 is 1.79 bits per heavy atom. The summed E-state index contributed by atoms with van der Waals surface area (Å²) in [5.74, 6) is 0.0539. The van der Waals surface area contributed by atoms with E-state index in [-0.39, 0.29) is 23.7 Å². The first-order valence-corrected chi connectivity index (χ1v) is 8.08. The van der Waals surface area contributed by atoms with E-state index in [2.05, 4.69) is 15.5 Å². The van der Waals surface area contributed by atoms with E-state index in [4.69, 9.17) is 4.42 Å². The lowest BCUT2D eigenvalue weighted by atomic mass is 9.83. The molecule has 0 unspecified atom stereocenters. The lowest BCUT2D eigenvalue weighted by Crippen LogP contribution is -2.51. The smallest absolute Gasteiger partial charge is 0.408 e. The number of carbonyl (C=O) groups excluding carboxylic acids is 1. The van der Waals surface area contributed by atoms with E-state index < -0.39 is 23.1 Å². The van der Waals surface area contributed by atoms with E-state index in [0.717, 1.165) is 12.8 Å². The van der Waals surface area contributed by atoms with Crippen LogP contribution < -0.4 is 5.32 Å². The van der Waals surface area contributed by atoms with Crippen molar-refractivity contribution in [2.75, 3.05) is 5.32 Å². The molecule has 2 N–H and O–H groups in total. The van der Waals surface area contributed by atoms with Crippen LogP contribution in [0.25, 0.3) is 0 Å². The van der Waals surface area contributed by atoms with E-state index in [0.29, 0.717) is 0 Å². The summed E-state index contributed by atoms with van der Waals surface area (Å²) in [4.78, 5) is 25.0. The number of amides is 2. The molecule has 1 atom stereocenters. The molecule has 1 aromatic rings. The molecule has 1 aromatic heterocycles. The standard InChI is InChI=1S/C16H26N4O4/c1-15(2,3)10(20(14(22)23)16(4,5)6)12-18-19-13(24-12)17-11(21)9-7-8-9/h9-10H,7-8H2,1-6H3,(H,22,23)(H,17,19,21)/t10-/m1/s1. The molecular formula is C16H26N4O4. The fourth-order valence-electron chi connectivity index (χ4n) is 2.60. The Morgan fingerprint density at radius 1 is 1.21 bits per heavy atom. The lowest BCUT2D eigenvalue weighted by Gasteiger charge is -2.43. The zero-order chi connectivity index (χ0) is 18.3. The van der Waals surface area contributed by atoms with Gasteiger partial charge in [0.2, 0.25) is 11.8 Å². The quantitative estimate of drug-likeness (QED) is 0.872. The van der Waals surface area contributed by atoms with Crippen LogP contribution >= 0.6 is 0 Å². The minimum Gasteiger partial charge on any atom is -0.465 e. The summed E-state index contributed by atoms with van der Waals surface area (Å²) in [5.41, 5.74) is -1.13. The number of aromatic nitrogens is 2. The maximum Gasteiger partial charge on any atom is 0.408 e. The number of anilines is 1. The predicted octanol–water partition coefficient (Wildman–Crippen LogP) is 3.28. The van der Waals surface area contributed by atoms with Crippen molar-refractivity contribution in [2.45, 2.75) is 66.0 Å². The molecule has 1 saturated carbocycles. The van der Waals surface area contributed by atoms with Crippen molar-refractivity contribution in [3.63, 3.8) is 0 Å². The van der Waals surface area contributed by atoms with Gasteiger partial charge < -0.3 is 9.52 Å². The van der Waals surface area contributed by atoms with Crippen LogP contribution in [0.4, 0.5) is 10.8 Å². The Morgan fingerprint density at radius 3 is 2.21 bits per heavy atom. The number of carboxylic acid groups (broad SMARTS) is 1. The maximum absolute atomic E-state index is 11.9. The Labute approximate surface area is 141 Å². The number of rotatable bonds is 4. The molecular weight excluding hydrogens is 312 g/mol. The minimum atomic E-state index is -1.07. The zero-order valence-electron chi connectivity index (χ0n) is 15.1. The van der Waals surface area contributed by atoms with Gasteiger partial charge in [-0.25, -0.2) is 4.79 Å².